The average Bonchev–Trinajstić information content (AvgIpc) is 3.33. The van der Waals surface area contributed by atoms with Crippen molar-refractivity contribution >= 4 is 34.2 Å². The lowest BCUT2D eigenvalue weighted by Gasteiger charge is -2.16. The minimum absolute atomic E-state index is 0.275. The molecule has 5 aromatic rings. The molecule has 0 atom stereocenters. The van der Waals surface area contributed by atoms with Crippen molar-refractivity contribution in [2.75, 3.05) is 19.0 Å². The van der Waals surface area contributed by atoms with Gasteiger partial charge in [0.1, 0.15) is 11.5 Å². The normalized spacial score (nSPS) is 10.8. The molecule has 0 aliphatic heterocycles. The van der Waals surface area contributed by atoms with Crippen molar-refractivity contribution in [3.8, 4) is 16.9 Å². The topological polar surface area (TPSA) is 116 Å². The summed E-state index contributed by atoms with van der Waals surface area (Å²) in [5, 5.41) is 11.2. The zero-order chi connectivity index (χ0) is 28.9. The Morgan fingerprint density at radius 1 is 1.00 bits per heavy atom. The van der Waals surface area contributed by atoms with Gasteiger partial charge in [-0.15, -0.1) is 0 Å². The molecule has 0 saturated heterocycles. The lowest BCUT2D eigenvalue weighted by molar-refractivity contribution is 0.0526. The highest BCUT2D eigenvalue weighted by molar-refractivity contribution is 6.08. The zero-order valence-corrected chi connectivity index (χ0v) is 23.3. The number of nitrogens with one attached hydrogen (secondary N) is 2. The quantitative estimate of drug-likeness (QED) is 0.204. The predicted octanol–water partition coefficient (Wildman–Crippen LogP) is 6.37. The highest BCUT2D eigenvalue weighted by atomic mass is 16.5. The number of anilines is 2. The average molecular weight is 551 g/mol. The van der Waals surface area contributed by atoms with Crippen LogP contribution in [0.3, 0.4) is 0 Å². The molecule has 0 aliphatic rings. The number of aromatic nitrogens is 2. The van der Waals surface area contributed by atoms with Crippen LogP contribution in [0.4, 0.5) is 11.4 Å². The van der Waals surface area contributed by atoms with E-state index >= 15 is 0 Å². The Bertz CT molecular complexity index is 1710. The molecule has 208 valence electrons. The first-order valence-electron chi connectivity index (χ1n) is 13.2. The summed E-state index contributed by atoms with van der Waals surface area (Å²) in [5.74, 6) is 0.739. The van der Waals surface area contributed by atoms with E-state index in [-0.39, 0.29) is 12.5 Å². The molecule has 2 aromatic heterocycles. The van der Waals surface area contributed by atoms with Crippen molar-refractivity contribution in [3.05, 3.63) is 101 Å². The molecule has 2 heterocycles. The molecule has 0 aliphatic carbocycles. The number of rotatable bonds is 9. The van der Waals surface area contributed by atoms with Gasteiger partial charge in [0.25, 0.3) is 5.91 Å². The summed E-state index contributed by atoms with van der Waals surface area (Å²) < 4.78 is 15.7. The Morgan fingerprint density at radius 3 is 2.51 bits per heavy atom. The molecule has 0 spiro atoms. The lowest BCUT2D eigenvalue weighted by atomic mass is 10.0. The third-order valence-electron chi connectivity index (χ3n) is 6.69. The van der Waals surface area contributed by atoms with Gasteiger partial charge >= 0.3 is 5.97 Å². The lowest BCUT2D eigenvalue weighted by Crippen LogP contribution is -2.24. The molecule has 9 nitrogen and oxygen atoms in total. The third-order valence-corrected chi connectivity index (χ3v) is 6.69. The highest BCUT2D eigenvalue weighted by Gasteiger charge is 2.19. The number of esters is 1. The van der Waals surface area contributed by atoms with Crippen molar-refractivity contribution in [3.63, 3.8) is 0 Å². The molecule has 1 amide bonds. The zero-order valence-electron chi connectivity index (χ0n) is 23.3. The maximum absolute atomic E-state index is 13.5. The number of benzene rings is 3. The second-order valence-corrected chi connectivity index (χ2v) is 9.43. The molecule has 5 rings (SSSR count). The number of carbonyl (C=O) groups excluding carboxylic acids is 2. The minimum Gasteiger partial charge on any atom is -0.497 e. The molecule has 2 N–H and O–H groups in total. The largest absolute Gasteiger partial charge is 0.497 e. The van der Waals surface area contributed by atoms with Crippen LogP contribution in [0, 0.1) is 13.8 Å². The fourth-order valence-corrected chi connectivity index (χ4v) is 4.65. The van der Waals surface area contributed by atoms with Crippen LogP contribution in [-0.4, -0.2) is 35.7 Å². The van der Waals surface area contributed by atoms with Crippen LogP contribution in [0.1, 0.15) is 44.7 Å². The van der Waals surface area contributed by atoms with Gasteiger partial charge in [-0.3, -0.25) is 9.78 Å². The van der Waals surface area contributed by atoms with Gasteiger partial charge in [-0.05, 0) is 68.3 Å². The smallest absolute Gasteiger partial charge is 0.338 e. The fraction of sp³-hybridized carbons (Fsp3) is 0.188. The standard InChI is InChI=1S/C32H30N4O5/c1-5-40-32(38)23-7-6-8-24(15-23)35-30-26-14-11-22(29-19(2)36-41-20(29)3)16-28(26)33-18-27(30)31(37)34-17-21-9-12-25(39-4)13-10-21/h6-16,18H,5,17H2,1-4H3,(H,33,35)(H,34,37). The van der Waals surface area contributed by atoms with Gasteiger partial charge in [-0.25, -0.2) is 4.79 Å². The molecular weight excluding hydrogens is 520 g/mol. The van der Waals surface area contributed by atoms with E-state index in [4.69, 9.17) is 14.0 Å². The Balaban J connectivity index is 1.53. The summed E-state index contributed by atoms with van der Waals surface area (Å²) in [6, 6.07) is 20.3. The fourth-order valence-electron chi connectivity index (χ4n) is 4.65. The van der Waals surface area contributed by atoms with E-state index in [1.54, 1.807) is 38.4 Å². The van der Waals surface area contributed by atoms with Crippen molar-refractivity contribution in [1.82, 2.24) is 15.5 Å². The van der Waals surface area contributed by atoms with E-state index in [1.165, 1.54) is 0 Å². The number of hydrogen-bond acceptors (Lipinski definition) is 8. The van der Waals surface area contributed by atoms with E-state index in [0.29, 0.717) is 40.3 Å². The Kier molecular flexibility index (Phi) is 7.96. The Morgan fingerprint density at radius 2 is 1.80 bits per heavy atom. The molecule has 0 unspecified atom stereocenters. The van der Waals surface area contributed by atoms with Gasteiger partial charge in [0, 0.05) is 29.4 Å². The molecule has 9 heteroatoms. The maximum Gasteiger partial charge on any atom is 0.338 e. The second kappa shape index (κ2) is 11.9. The van der Waals surface area contributed by atoms with Gasteiger partial charge in [0.15, 0.2) is 0 Å². The van der Waals surface area contributed by atoms with Crippen LogP contribution in [0.15, 0.2) is 77.4 Å². The number of amides is 1. The van der Waals surface area contributed by atoms with Crippen LogP contribution >= 0.6 is 0 Å². The second-order valence-electron chi connectivity index (χ2n) is 9.43. The van der Waals surface area contributed by atoms with E-state index in [2.05, 4.69) is 20.8 Å². The minimum atomic E-state index is -0.419. The van der Waals surface area contributed by atoms with Gasteiger partial charge in [0.2, 0.25) is 0 Å². The Labute approximate surface area is 237 Å². The monoisotopic (exact) mass is 550 g/mol. The number of pyridine rings is 1. The number of hydrogen-bond donors (Lipinski definition) is 2. The van der Waals surface area contributed by atoms with Crippen LogP contribution in [-0.2, 0) is 11.3 Å². The maximum atomic E-state index is 13.5. The summed E-state index contributed by atoms with van der Waals surface area (Å²) in [7, 11) is 1.61. The van der Waals surface area contributed by atoms with Crippen LogP contribution in [0.25, 0.3) is 22.0 Å². The molecule has 3 aromatic carbocycles. The molecule has 0 radical (unpaired) electrons. The predicted molar refractivity (Wildman–Crippen MR) is 157 cm³/mol. The number of fused-ring (bicyclic) bond motifs is 1. The van der Waals surface area contributed by atoms with E-state index in [1.807, 2.05) is 62.4 Å². The van der Waals surface area contributed by atoms with E-state index < -0.39 is 5.97 Å². The first kappa shape index (κ1) is 27.4. The number of nitrogens with zero attached hydrogens (tertiary/aromatic N) is 2. The summed E-state index contributed by atoms with van der Waals surface area (Å²) in [5.41, 5.74) is 6.16. The van der Waals surface area contributed by atoms with Gasteiger partial charge in [-0.1, -0.05) is 35.5 Å². The molecule has 0 fully saturated rings. The number of carbonyl (C=O) groups is 2. The van der Waals surface area contributed by atoms with Gasteiger partial charge < -0.3 is 24.6 Å². The highest BCUT2D eigenvalue weighted by Crippen LogP contribution is 2.34. The van der Waals surface area contributed by atoms with Crippen molar-refractivity contribution in [2.24, 2.45) is 0 Å². The van der Waals surface area contributed by atoms with E-state index in [9.17, 15) is 9.59 Å². The van der Waals surface area contributed by atoms with Gasteiger partial charge in [-0.2, -0.15) is 0 Å². The summed E-state index contributed by atoms with van der Waals surface area (Å²) in [6.07, 6.45) is 1.56. The number of ether oxygens (including phenoxy) is 2. The molecule has 0 bridgehead atoms. The number of aryl methyl sites for hydroxylation is 2. The molecule has 0 saturated carbocycles. The van der Waals surface area contributed by atoms with Crippen molar-refractivity contribution < 1.29 is 23.6 Å². The van der Waals surface area contributed by atoms with Crippen LogP contribution in [0.5, 0.6) is 5.75 Å². The molecule has 41 heavy (non-hydrogen) atoms. The van der Waals surface area contributed by atoms with Crippen LogP contribution < -0.4 is 15.4 Å². The first-order chi connectivity index (χ1) is 19.9. The number of methoxy groups -OCH3 is 1. The first-order valence-corrected chi connectivity index (χ1v) is 13.2. The van der Waals surface area contributed by atoms with Gasteiger partial charge in [0.05, 0.1) is 41.7 Å². The SMILES string of the molecule is CCOC(=O)c1cccc(Nc2c(C(=O)NCc3ccc(OC)cc3)cnc3cc(-c4c(C)noc4C)ccc23)c1. The van der Waals surface area contributed by atoms with Crippen LogP contribution in [0.2, 0.25) is 0 Å². The molecular formula is C32H30N4O5. The van der Waals surface area contributed by atoms with Crippen molar-refractivity contribution in [2.45, 2.75) is 27.3 Å². The summed E-state index contributed by atoms with van der Waals surface area (Å²) >= 11 is 0. The Hall–Kier alpha value is -5.18. The van der Waals surface area contributed by atoms with E-state index in [0.717, 1.165) is 33.5 Å². The van der Waals surface area contributed by atoms with Crippen molar-refractivity contribution in [1.29, 1.82) is 0 Å². The summed E-state index contributed by atoms with van der Waals surface area (Å²) in [4.78, 5) is 30.5. The third kappa shape index (κ3) is 5.89. The summed E-state index contributed by atoms with van der Waals surface area (Å²) in [6.45, 7) is 6.12.